The number of carbonyl (C=O) groups is 1. The number of alkyl halides is 1. The van der Waals surface area contributed by atoms with Crippen molar-refractivity contribution in [2.24, 2.45) is 0 Å². The van der Waals surface area contributed by atoms with Gasteiger partial charge in [-0.25, -0.2) is 42.8 Å². The summed E-state index contributed by atoms with van der Waals surface area (Å²) in [7, 11) is -8.85. The molecule has 7 rings (SSSR count). The van der Waals surface area contributed by atoms with Gasteiger partial charge in [0.25, 0.3) is 5.56 Å². The number of hydrogen-bond donors (Lipinski definition) is 4. The van der Waals surface area contributed by atoms with Crippen molar-refractivity contribution in [3.63, 3.8) is 0 Å². The molecule has 0 aromatic carbocycles. The Kier molecular flexibility index (Phi) is 10.4. The molecule has 4 aromatic rings. The Labute approximate surface area is 301 Å². The van der Waals surface area contributed by atoms with Crippen molar-refractivity contribution in [3.8, 4) is 0 Å². The number of phosphoric acid groups is 2. The molecule has 0 radical (unpaired) electrons. The van der Waals surface area contributed by atoms with E-state index in [1.165, 1.54) is 10.9 Å². The summed E-state index contributed by atoms with van der Waals surface area (Å²) in [6.45, 7) is 0.370. The molecular formula is C26H33FN10O15P2. The average molecular weight is 807 g/mol. The van der Waals surface area contributed by atoms with Gasteiger partial charge in [0.05, 0.1) is 32.0 Å². The number of aromatic nitrogens is 8. The molecule has 3 aliphatic rings. The van der Waals surface area contributed by atoms with Crippen molar-refractivity contribution < 1.29 is 69.5 Å². The summed E-state index contributed by atoms with van der Waals surface area (Å²) in [5, 5.41) is 11.5. The highest BCUT2D eigenvalue weighted by Crippen LogP contribution is 2.57. The SMILES string of the molecule is COP1(=O)OC[C@H]2O[C@@H](n3cnc4c(=O)[nH]c(N)nc43)C(OP(=O)(OCOC(=O)OC(C)C)OCC3O[C@@H](n4cnc5c(N)ncnc54)C(F)C3O1)C2O. The van der Waals surface area contributed by atoms with Crippen molar-refractivity contribution in [3.05, 3.63) is 29.3 Å². The summed E-state index contributed by atoms with van der Waals surface area (Å²) < 4.78 is 102. The summed E-state index contributed by atoms with van der Waals surface area (Å²) >= 11 is 0. The molecule has 28 heteroatoms. The number of H-pyrrole nitrogens is 1. The van der Waals surface area contributed by atoms with E-state index in [1.807, 2.05) is 0 Å². The van der Waals surface area contributed by atoms with Crippen LogP contribution in [0.3, 0.4) is 0 Å². The minimum Gasteiger partial charge on any atom is -0.432 e. The first-order valence-electron chi connectivity index (χ1n) is 15.9. The summed E-state index contributed by atoms with van der Waals surface area (Å²) in [5.41, 5.74) is 10.8. The number of rotatable bonds is 7. The number of nitrogens with two attached hydrogens (primary N) is 2. The Hall–Kier alpha value is -4.20. The number of fused-ring (bicyclic) bond motifs is 5. The van der Waals surface area contributed by atoms with Crippen LogP contribution in [0.2, 0.25) is 0 Å². The van der Waals surface area contributed by atoms with Crippen molar-refractivity contribution in [2.45, 2.75) is 69.1 Å². The summed E-state index contributed by atoms with van der Waals surface area (Å²) in [6.07, 6.45) is -12.1. The van der Waals surface area contributed by atoms with Crippen molar-refractivity contribution >= 4 is 55.9 Å². The Balaban J connectivity index is 1.25. The smallest absolute Gasteiger partial charge is 0.432 e. The molecule has 6 N–H and O–H groups in total. The van der Waals surface area contributed by atoms with E-state index in [0.717, 1.165) is 24.3 Å². The standard InChI is InChI=1S/C26H33FN10O15P2/c1-10(2)48-26(40)44-9-47-54(42)46-5-12-17(13(27)23(50-12)36-7-32-14-19(28)30-6-31-20(14)36)51-53(41,43-3)45-4-11-16(38)18(52-54)24(49-11)37-8-33-15-21(37)34-25(29)35-22(15)39/h6-8,10-13,16-18,23-24,38H,4-5,9H2,1-3H3,(H2,28,30,31)(H3,29,34,35,39)/t11-,12?,13?,16?,17?,18?,23-,24-,53?,54?/m1/s1. The van der Waals surface area contributed by atoms with Crippen LogP contribution in [-0.2, 0) is 55.2 Å². The maximum atomic E-state index is 16.4. The van der Waals surface area contributed by atoms with Gasteiger partial charge < -0.3 is 35.5 Å². The molecule has 4 aromatic heterocycles. The van der Waals surface area contributed by atoms with E-state index in [9.17, 15) is 23.8 Å². The normalized spacial score (nSPS) is 33.3. The number of aliphatic hydroxyl groups is 1. The molecule has 0 spiro atoms. The topological polar surface area (TPSA) is 323 Å². The van der Waals surface area contributed by atoms with E-state index >= 15 is 4.39 Å². The van der Waals surface area contributed by atoms with Gasteiger partial charge in [0.15, 0.2) is 41.3 Å². The van der Waals surface area contributed by atoms with Crippen LogP contribution in [0, 0.1) is 0 Å². The third-order valence-corrected chi connectivity index (χ3v) is 11.0. The predicted octanol–water partition coefficient (Wildman–Crippen LogP) is 0.833. The lowest BCUT2D eigenvalue weighted by Crippen LogP contribution is -2.35. The Bertz CT molecular complexity index is 2190. The first-order chi connectivity index (χ1) is 25.7. The Morgan fingerprint density at radius 2 is 1.67 bits per heavy atom. The number of ether oxygens (including phenoxy) is 4. The van der Waals surface area contributed by atoms with Gasteiger partial charge in [-0.2, -0.15) is 4.98 Å². The van der Waals surface area contributed by atoms with Crippen LogP contribution in [0.25, 0.3) is 22.3 Å². The predicted molar refractivity (Wildman–Crippen MR) is 174 cm³/mol. The molecule has 25 nitrogen and oxygen atoms in total. The zero-order chi connectivity index (χ0) is 38.5. The van der Waals surface area contributed by atoms with E-state index in [-0.39, 0.29) is 34.1 Å². The number of carbonyl (C=O) groups excluding carboxylic acids is 1. The third-order valence-electron chi connectivity index (χ3n) is 8.20. The second-order valence-electron chi connectivity index (χ2n) is 12.0. The van der Waals surface area contributed by atoms with Gasteiger partial charge >= 0.3 is 21.8 Å². The molecule has 0 saturated carbocycles. The van der Waals surface area contributed by atoms with Crippen molar-refractivity contribution in [2.75, 3.05) is 38.6 Å². The minimum atomic E-state index is -5.08. The van der Waals surface area contributed by atoms with Gasteiger partial charge in [-0.1, -0.05) is 0 Å². The first kappa shape index (κ1) is 38.1. The number of nitrogens with one attached hydrogen (secondary N) is 1. The molecule has 3 aliphatic heterocycles. The Morgan fingerprint density at radius 1 is 1.00 bits per heavy atom. The van der Waals surface area contributed by atoms with E-state index in [4.69, 9.17) is 57.6 Å². The van der Waals surface area contributed by atoms with Gasteiger partial charge in [0, 0.05) is 7.11 Å². The van der Waals surface area contributed by atoms with Crippen LogP contribution in [0.1, 0.15) is 26.3 Å². The molecule has 2 bridgehead atoms. The maximum Gasteiger partial charge on any atom is 0.510 e. The lowest BCUT2D eigenvalue weighted by Gasteiger charge is -2.27. The van der Waals surface area contributed by atoms with E-state index in [0.29, 0.717) is 0 Å². The molecule has 294 valence electrons. The third kappa shape index (κ3) is 7.29. The number of nitrogen functional groups attached to an aromatic ring is 2. The van der Waals surface area contributed by atoms with E-state index in [1.54, 1.807) is 13.8 Å². The number of hydrogen-bond acceptors (Lipinski definition) is 22. The number of imidazole rings is 2. The Morgan fingerprint density at radius 3 is 2.41 bits per heavy atom. The van der Waals surface area contributed by atoms with Crippen molar-refractivity contribution in [1.29, 1.82) is 0 Å². The minimum absolute atomic E-state index is 0.00612. The van der Waals surface area contributed by atoms with Gasteiger partial charge in [-0.3, -0.25) is 41.5 Å². The molecule has 54 heavy (non-hydrogen) atoms. The average Bonchev–Trinajstić information content (AvgIpc) is 3.88. The fourth-order valence-electron chi connectivity index (χ4n) is 5.77. The maximum absolute atomic E-state index is 16.4. The highest BCUT2D eigenvalue weighted by Gasteiger charge is 2.55. The number of phosphoric ester groups is 2. The fraction of sp³-hybridized carbons (Fsp3) is 0.577. The molecule has 3 fully saturated rings. The molecule has 7 heterocycles. The van der Waals surface area contributed by atoms with Crippen LogP contribution in [0.4, 0.5) is 21.0 Å². The van der Waals surface area contributed by atoms with Crippen LogP contribution < -0.4 is 17.0 Å². The number of halogens is 1. The molecule has 3 saturated heterocycles. The van der Waals surface area contributed by atoms with Crippen LogP contribution >= 0.6 is 15.6 Å². The van der Waals surface area contributed by atoms with Crippen LogP contribution in [0.15, 0.2) is 23.8 Å². The summed E-state index contributed by atoms with van der Waals surface area (Å²) in [4.78, 5) is 47.1. The molecule has 0 aliphatic carbocycles. The van der Waals surface area contributed by atoms with E-state index < -0.39 is 103 Å². The van der Waals surface area contributed by atoms with Gasteiger partial charge in [0.1, 0.15) is 42.4 Å². The second-order valence-corrected chi connectivity index (χ2v) is 15.4. The monoisotopic (exact) mass is 806 g/mol. The number of aromatic amines is 1. The van der Waals surface area contributed by atoms with Crippen LogP contribution in [-0.4, -0.2) is 120 Å². The second kappa shape index (κ2) is 14.8. The zero-order valence-electron chi connectivity index (χ0n) is 28.3. The summed E-state index contributed by atoms with van der Waals surface area (Å²) in [5.74, 6) is -0.308. The fourth-order valence-corrected chi connectivity index (χ4v) is 8.14. The lowest BCUT2D eigenvalue weighted by atomic mass is 10.1. The van der Waals surface area contributed by atoms with Crippen molar-refractivity contribution in [1.82, 2.24) is 39.0 Å². The van der Waals surface area contributed by atoms with Crippen LogP contribution in [0.5, 0.6) is 0 Å². The molecular weight excluding hydrogens is 773 g/mol. The number of nitrogens with zero attached hydrogens (tertiary/aromatic N) is 7. The molecule has 10 atom stereocenters. The van der Waals surface area contributed by atoms with E-state index in [2.05, 4.69) is 29.9 Å². The van der Waals surface area contributed by atoms with Gasteiger partial charge in [-0.05, 0) is 13.8 Å². The summed E-state index contributed by atoms with van der Waals surface area (Å²) in [6, 6.07) is 0. The lowest BCUT2D eigenvalue weighted by molar-refractivity contribution is -0.0775. The highest BCUT2D eigenvalue weighted by molar-refractivity contribution is 7.48. The number of anilines is 2. The largest absolute Gasteiger partial charge is 0.510 e. The molecule has 0 amide bonds. The quantitative estimate of drug-likeness (QED) is 0.114. The molecule has 7 unspecified atom stereocenters. The van der Waals surface area contributed by atoms with Gasteiger partial charge in [-0.15, -0.1) is 0 Å². The highest BCUT2D eigenvalue weighted by atomic mass is 31.2. The zero-order valence-corrected chi connectivity index (χ0v) is 30.1. The number of aliphatic hydroxyl groups excluding tert-OH is 1. The van der Waals surface area contributed by atoms with Gasteiger partial charge in [0.2, 0.25) is 12.7 Å². The first-order valence-corrected chi connectivity index (χ1v) is 18.8.